The minimum Gasteiger partial charge on any atom is -0.389 e. The smallest absolute Gasteiger partial charge is 0.0727 e. The molecular formula is C16H22N2O. The Labute approximate surface area is 115 Å². The Kier molecular flexibility index (Phi) is 7.13. The first kappa shape index (κ1) is 15.1. The lowest BCUT2D eigenvalue weighted by molar-refractivity contribution is 0.228. The van der Waals surface area contributed by atoms with Gasteiger partial charge in [-0.3, -0.25) is 0 Å². The molecule has 0 unspecified atom stereocenters. The molecule has 0 atom stereocenters. The van der Waals surface area contributed by atoms with Gasteiger partial charge in [0.25, 0.3) is 0 Å². The maximum atomic E-state index is 5.15. The van der Waals surface area contributed by atoms with E-state index in [-0.39, 0.29) is 0 Å². The summed E-state index contributed by atoms with van der Waals surface area (Å²) in [7, 11) is 1.69. The predicted molar refractivity (Wildman–Crippen MR) is 81.7 cm³/mol. The first-order valence-electron chi connectivity index (χ1n) is 6.30. The number of allylic oxidation sites excluding steroid dienone is 5. The van der Waals surface area contributed by atoms with Gasteiger partial charge in [0.2, 0.25) is 0 Å². The SMILES string of the molecule is C=C/C=C\C=C1/NCCN/C=C(COC)\C=C/C1=C. The highest BCUT2D eigenvalue weighted by Gasteiger charge is 2.01. The van der Waals surface area contributed by atoms with Gasteiger partial charge in [0.15, 0.2) is 0 Å². The van der Waals surface area contributed by atoms with Crippen molar-refractivity contribution < 1.29 is 4.74 Å². The van der Waals surface area contributed by atoms with E-state index in [0.717, 1.165) is 29.9 Å². The fourth-order valence-electron chi connectivity index (χ4n) is 1.58. The van der Waals surface area contributed by atoms with Gasteiger partial charge in [0, 0.05) is 32.1 Å². The molecule has 0 saturated carbocycles. The maximum absolute atomic E-state index is 5.15. The van der Waals surface area contributed by atoms with Crippen LogP contribution in [0, 0.1) is 0 Å². The van der Waals surface area contributed by atoms with Crippen molar-refractivity contribution in [3.63, 3.8) is 0 Å². The molecule has 0 aromatic carbocycles. The van der Waals surface area contributed by atoms with Crippen LogP contribution in [0.3, 0.4) is 0 Å². The molecule has 1 rings (SSSR count). The highest BCUT2D eigenvalue weighted by Crippen LogP contribution is 2.09. The molecule has 0 bridgehead atoms. The van der Waals surface area contributed by atoms with Crippen molar-refractivity contribution >= 4 is 0 Å². The molecule has 3 heteroatoms. The van der Waals surface area contributed by atoms with Crippen LogP contribution in [0.2, 0.25) is 0 Å². The standard InChI is InChI=1S/C16H22N2O/c1-4-5-6-7-16-14(2)8-9-15(13-19-3)12-17-10-11-18-16/h4-9,12,17-18H,1-2,10-11,13H2,3H3/b6-5-,9-8-,15-12+,16-7-. The van der Waals surface area contributed by atoms with E-state index in [4.69, 9.17) is 4.74 Å². The largest absolute Gasteiger partial charge is 0.389 e. The van der Waals surface area contributed by atoms with E-state index in [1.165, 1.54) is 0 Å². The van der Waals surface area contributed by atoms with Crippen molar-refractivity contribution in [2.24, 2.45) is 0 Å². The summed E-state index contributed by atoms with van der Waals surface area (Å²) in [6.45, 7) is 9.98. The molecule has 0 fully saturated rings. The zero-order valence-electron chi connectivity index (χ0n) is 11.5. The van der Waals surface area contributed by atoms with E-state index in [0.29, 0.717) is 6.61 Å². The molecular weight excluding hydrogens is 236 g/mol. The molecule has 2 N–H and O–H groups in total. The third-order valence-electron chi connectivity index (χ3n) is 2.54. The molecule has 0 aromatic heterocycles. The van der Waals surface area contributed by atoms with Crippen molar-refractivity contribution in [2.75, 3.05) is 26.8 Å². The van der Waals surface area contributed by atoms with Gasteiger partial charge in [0.05, 0.1) is 6.61 Å². The number of ether oxygens (including phenoxy) is 1. The molecule has 0 amide bonds. The molecule has 19 heavy (non-hydrogen) atoms. The van der Waals surface area contributed by atoms with Crippen LogP contribution in [0.25, 0.3) is 0 Å². The van der Waals surface area contributed by atoms with Crippen molar-refractivity contribution in [3.05, 3.63) is 72.7 Å². The van der Waals surface area contributed by atoms with E-state index in [2.05, 4.69) is 23.8 Å². The Morgan fingerprint density at radius 3 is 2.89 bits per heavy atom. The van der Waals surface area contributed by atoms with E-state index in [1.54, 1.807) is 13.2 Å². The monoisotopic (exact) mass is 258 g/mol. The zero-order valence-corrected chi connectivity index (χ0v) is 11.5. The molecule has 0 radical (unpaired) electrons. The lowest BCUT2D eigenvalue weighted by atomic mass is 10.1. The summed E-state index contributed by atoms with van der Waals surface area (Å²) in [4.78, 5) is 0. The third kappa shape index (κ3) is 5.93. The number of methoxy groups -OCH3 is 1. The van der Waals surface area contributed by atoms with Crippen molar-refractivity contribution in [3.8, 4) is 0 Å². The van der Waals surface area contributed by atoms with Crippen LogP contribution in [0.4, 0.5) is 0 Å². The Balaban J connectivity index is 2.85. The van der Waals surface area contributed by atoms with Crippen LogP contribution in [0.1, 0.15) is 0 Å². The minimum absolute atomic E-state index is 0.583. The second kappa shape index (κ2) is 9.00. The summed E-state index contributed by atoms with van der Waals surface area (Å²) in [6, 6.07) is 0. The molecule has 0 spiro atoms. The Bertz CT molecular complexity index is 428. The number of rotatable bonds is 4. The summed E-state index contributed by atoms with van der Waals surface area (Å²) in [5.41, 5.74) is 3.04. The molecule has 0 aliphatic carbocycles. The van der Waals surface area contributed by atoms with Gasteiger partial charge >= 0.3 is 0 Å². The maximum Gasteiger partial charge on any atom is 0.0727 e. The van der Waals surface area contributed by atoms with Crippen molar-refractivity contribution in [2.45, 2.75) is 0 Å². The summed E-state index contributed by atoms with van der Waals surface area (Å²) in [5.74, 6) is 0. The summed E-state index contributed by atoms with van der Waals surface area (Å²) in [6.07, 6.45) is 13.5. The van der Waals surface area contributed by atoms with Crippen LogP contribution in [-0.2, 0) is 4.74 Å². The molecule has 1 heterocycles. The molecule has 0 aromatic rings. The Morgan fingerprint density at radius 2 is 2.16 bits per heavy atom. The van der Waals surface area contributed by atoms with Crippen LogP contribution in [0.5, 0.6) is 0 Å². The average molecular weight is 258 g/mol. The van der Waals surface area contributed by atoms with Crippen molar-refractivity contribution in [1.82, 2.24) is 10.6 Å². The summed E-state index contributed by atoms with van der Waals surface area (Å²) < 4.78 is 5.15. The van der Waals surface area contributed by atoms with Crippen LogP contribution >= 0.6 is 0 Å². The van der Waals surface area contributed by atoms with Gasteiger partial charge in [-0.2, -0.15) is 0 Å². The van der Waals surface area contributed by atoms with Crippen LogP contribution < -0.4 is 10.6 Å². The van der Waals surface area contributed by atoms with Crippen molar-refractivity contribution in [1.29, 1.82) is 0 Å². The van der Waals surface area contributed by atoms with Gasteiger partial charge in [-0.25, -0.2) is 0 Å². The molecule has 1 aliphatic heterocycles. The van der Waals surface area contributed by atoms with Gasteiger partial charge < -0.3 is 15.4 Å². The topological polar surface area (TPSA) is 33.3 Å². The average Bonchev–Trinajstić information content (AvgIpc) is 2.41. The van der Waals surface area contributed by atoms with Gasteiger partial charge in [-0.05, 0) is 17.2 Å². The minimum atomic E-state index is 0.583. The predicted octanol–water partition coefficient (Wildman–Crippen LogP) is 2.45. The van der Waals surface area contributed by atoms with E-state index < -0.39 is 0 Å². The third-order valence-corrected chi connectivity index (χ3v) is 2.54. The van der Waals surface area contributed by atoms with Gasteiger partial charge in [-0.15, -0.1) is 0 Å². The number of hydrogen-bond acceptors (Lipinski definition) is 3. The first-order valence-corrected chi connectivity index (χ1v) is 6.30. The quantitative estimate of drug-likeness (QED) is 0.760. The van der Waals surface area contributed by atoms with E-state index >= 15 is 0 Å². The lowest BCUT2D eigenvalue weighted by Crippen LogP contribution is -2.25. The number of hydrogen-bond donors (Lipinski definition) is 2. The summed E-state index contributed by atoms with van der Waals surface area (Å²) >= 11 is 0. The highest BCUT2D eigenvalue weighted by molar-refractivity contribution is 5.41. The second-order valence-electron chi connectivity index (χ2n) is 4.09. The summed E-state index contributed by atoms with van der Waals surface area (Å²) in [5, 5.41) is 6.59. The lowest BCUT2D eigenvalue weighted by Gasteiger charge is -2.13. The molecule has 3 nitrogen and oxygen atoms in total. The molecule has 0 saturated heterocycles. The van der Waals surface area contributed by atoms with E-state index in [1.807, 2.05) is 36.6 Å². The Hall–Kier alpha value is -2.00. The molecule has 1 aliphatic rings. The zero-order chi connectivity index (χ0) is 13.9. The van der Waals surface area contributed by atoms with Gasteiger partial charge in [-0.1, -0.05) is 43.5 Å². The van der Waals surface area contributed by atoms with Crippen LogP contribution in [0.15, 0.2) is 72.7 Å². The highest BCUT2D eigenvalue weighted by atomic mass is 16.5. The first-order chi connectivity index (χ1) is 9.27. The second-order valence-corrected chi connectivity index (χ2v) is 4.09. The van der Waals surface area contributed by atoms with E-state index in [9.17, 15) is 0 Å². The normalized spacial score (nSPS) is 23.3. The molecule has 102 valence electrons. The fourth-order valence-corrected chi connectivity index (χ4v) is 1.58. The Morgan fingerprint density at radius 1 is 1.32 bits per heavy atom. The fraction of sp³-hybridized carbons (Fsp3) is 0.250. The van der Waals surface area contributed by atoms with Crippen LogP contribution in [-0.4, -0.2) is 26.8 Å². The number of nitrogens with one attached hydrogen (secondary N) is 2. The van der Waals surface area contributed by atoms with Gasteiger partial charge in [0.1, 0.15) is 0 Å².